The number of hydrogen-bond donors (Lipinski definition) is 1. The van der Waals surface area contributed by atoms with Crippen molar-refractivity contribution in [2.45, 2.75) is 38.5 Å². The van der Waals surface area contributed by atoms with E-state index >= 15 is 0 Å². The van der Waals surface area contributed by atoms with Crippen molar-refractivity contribution in [2.75, 3.05) is 32.7 Å². The van der Waals surface area contributed by atoms with Crippen LogP contribution in [0.25, 0.3) is 0 Å². The largest absolute Gasteiger partial charge is 0.317 e. The van der Waals surface area contributed by atoms with E-state index in [0.29, 0.717) is 0 Å². The highest BCUT2D eigenvalue weighted by atomic mass is 15.1. The maximum absolute atomic E-state index is 3.47. The predicted molar refractivity (Wildman–Crippen MR) is 60.5 cm³/mol. The minimum Gasteiger partial charge on any atom is -0.317 e. The highest BCUT2D eigenvalue weighted by Gasteiger charge is 2.20. The molecular formula is C12H24N2. The second-order valence-corrected chi connectivity index (χ2v) is 4.88. The third-order valence-electron chi connectivity index (χ3n) is 3.44. The summed E-state index contributed by atoms with van der Waals surface area (Å²) in [5, 5.41) is 3.47. The maximum atomic E-state index is 3.47. The van der Waals surface area contributed by atoms with E-state index in [1.54, 1.807) is 0 Å². The molecule has 14 heavy (non-hydrogen) atoms. The normalized spacial score (nSPS) is 25.7. The van der Waals surface area contributed by atoms with Gasteiger partial charge in [0.15, 0.2) is 0 Å². The van der Waals surface area contributed by atoms with Crippen LogP contribution in [0.5, 0.6) is 0 Å². The highest BCUT2D eigenvalue weighted by Crippen LogP contribution is 2.33. The van der Waals surface area contributed by atoms with Gasteiger partial charge in [0.1, 0.15) is 0 Å². The molecule has 1 saturated heterocycles. The molecule has 2 nitrogen and oxygen atoms in total. The van der Waals surface area contributed by atoms with Crippen LogP contribution in [0, 0.1) is 5.92 Å². The topological polar surface area (TPSA) is 15.3 Å². The van der Waals surface area contributed by atoms with E-state index in [1.165, 1.54) is 71.2 Å². The Balaban J connectivity index is 1.56. The second-order valence-electron chi connectivity index (χ2n) is 4.88. The molecule has 0 aromatic heterocycles. The minimum atomic E-state index is 1.12. The quantitative estimate of drug-likeness (QED) is 0.738. The first kappa shape index (κ1) is 10.4. The highest BCUT2D eigenvalue weighted by molar-refractivity contribution is 4.73. The van der Waals surface area contributed by atoms with Gasteiger partial charge in [0, 0.05) is 0 Å². The molecule has 82 valence electrons. The summed E-state index contributed by atoms with van der Waals surface area (Å²) in [6.45, 7) is 6.43. The molecule has 1 aliphatic heterocycles. The standard InChI is InChI=1S/C12H24N2/c1(4-12-5-6-12)9-14-10-2-7-13-8-3-11-14/h12-13H,1-11H2. The minimum absolute atomic E-state index is 1.12. The fraction of sp³-hybridized carbons (Fsp3) is 1.00. The monoisotopic (exact) mass is 196 g/mol. The Morgan fingerprint density at radius 3 is 2.43 bits per heavy atom. The molecule has 1 N–H and O–H groups in total. The van der Waals surface area contributed by atoms with Crippen LogP contribution in [0.4, 0.5) is 0 Å². The molecule has 2 rings (SSSR count). The van der Waals surface area contributed by atoms with Gasteiger partial charge in [-0.2, -0.15) is 0 Å². The summed E-state index contributed by atoms with van der Waals surface area (Å²) in [6, 6.07) is 0. The molecule has 0 bridgehead atoms. The average Bonchev–Trinajstić information content (AvgIpc) is 2.92. The van der Waals surface area contributed by atoms with Crippen LogP contribution < -0.4 is 5.32 Å². The van der Waals surface area contributed by atoms with Crippen molar-refractivity contribution >= 4 is 0 Å². The lowest BCUT2D eigenvalue weighted by Gasteiger charge is -2.24. The Bertz CT molecular complexity index is 146. The summed E-state index contributed by atoms with van der Waals surface area (Å²) >= 11 is 0. The fourth-order valence-electron chi connectivity index (χ4n) is 2.33. The Morgan fingerprint density at radius 2 is 1.79 bits per heavy atom. The molecule has 0 spiro atoms. The molecule has 0 aromatic carbocycles. The Morgan fingerprint density at radius 1 is 1.07 bits per heavy atom. The fourth-order valence-corrected chi connectivity index (χ4v) is 2.33. The van der Waals surface area contributed by atoms with Gasteiger partial charge in [-0.1, -0.05) is 12.8 Å². The Hall–Kier alpha value is -0.0800. The van der Waals surface area contributed by atoms with Gasteiger partial charge in [0.05, 0.1) is 0 Å². The lowest BCUT2D eigenvalue weighted by molar-refractivity contribution is 0.246. The van der Waals surface area contributed by atoms with Crippen LogP contribution >= 0.6 is 0 Å². The smallest absolute Gasteiger partial charge is 0.000663 e. The van der Waals surface area contributed by atoms with Crippen molar-refractivity contribution in [1.29, 1.82) is 0 Å². The van der Waals surface area contributed by atoms with Gasteiger partial charge < -0.3 is 10.2 Å². The molecule has 0 radical (unpaired) electrons. The van der Waals surface area contributed by atoms with E-state index in [0.717, 1.165) is 5.92 Å². The third kappa shape index (κ3) is 3.97. The average molecular weight is 196 g/mol. The van der Waals surface area contributed by atoms with Crippen molar-refractivity contribution < 1.29 is 0 Å². The maximum Gasteiger partial charge on any atom is -0.000663 e. The molecule has 1 aliphatic carbocycles. The van der Waals surface area contributed by atoms with Crippen LogP contribution in [-0.2, 0) is 0 Å². The zero-order valence-electron chi connectivity index (χ0n) is 9.30. The van der Waals surface area contributed by atoms with E-state index in [2.05, 4.69) is 10.2 Å². The first-order chi connectivity index (χ1) is 6.95. The molecule has 0 amide bonds. The molecule has 1 saturated carbocycles. The van der Waals surface area contributed by atoms with E-state index < -0.39 is 0 Å². The van der Waals surface area contributed by atoms with Crippen LogP contribution in [0.2, 0.25) is 0 Å². The van der Waals surface area contributed by atoms with Gasteiger partial charge >= 0.3 is 0 Å². The van der Waals surface area contributed by atoms with Crippen molar-refractivity contribution in [2.24, 2.45) is 5.92 Å². The van der Waals surface area contributed by atoms with Gasteiger partial charge in [-0.25, -0.2) is 0 Å². The summed E-state index contributed by atoms with van der Waals surface area (Å²) < 4.78 is 0. The lowest BCUT2D eigenvalue weighted by atomic mass is 10.2. The second kappa shape index (κ2) is 5.72. The van der Waals surface area contributed by atoms with Gasteiger partial charge in [-0.05, 0) is 64.3 Å². The Labute approximate surface area is 88.1 Å². The van der Waals surface area contributed by atoms with Crippen molar-refractivity contribution in [3.05, 3.63) is 0 Å². The van der Waals surface area contributed by atoms with E-state index in [9.17, 15) is 0 Å². The van der Waals surface area contributed by atoms with Crippen LogP contribution in [0.1, 0.15) is 38.5 Å². The summed E-state index contributed by atoms with van der Waals surface area (Å²) in [6.07, 6.45) is 8.65. The molecule has 0 aromatic rings. The molecule has 0 unspecified atom stereocenters. The van der Waals surface area contributed by atoms with Crippen LogP contribution in [0.15, 0.2) is 0 Å². The summed E-state index contributed by atoms with van der Waals surface area (Å²) in [5.41, 5.74) is 0. The van der Waals surface area contributed by atoms with Gasteiger partial charge in [0.25, 0.3) is 0 Å². The molecule has 2 aliphatic rings. The number of nitrogens with zero attached hydrogens (tertiary/aromatic N) is 1. The van der Waals surface area contributed by atoms with Crippen molar-refractivity contribution in [3.63, 3.8) is 0 Å². The van der Waals surface area contributed by atoms with Gasteiger partial charge in [-0.15, -0.1) is 0 Å². The van der Waals surface area contributed by atoms with Crippen LogP contribution in [0.3, 0.4) is 0 Å². The number of hydrogen-bond acceptors (Lipinski definition) is 2. The predicted octanol–water partition coefficient (Wildman–Crippen LogP) is 1.86. The van der Waals surface area contributed by atoms with E-state index in [-0.39, 0.29) is 0 Å². The van der Waals surface area contributed by atoms with Gasteiger partial charge in [-0.3, -0.25) is 0 Å². The summed E-state index contributed by atoms with van der Waals surface area (Å²) in [7, 11) is 0. The third-order valence-corrected chi connectivity index (χ3v) is 3.44. The molecular weight excluding hydrogens is 172 g/mol. The lowest BCUT2D eigenvalue weighted by Crippen LogP contribution is -2.34. The number of rotatable bonds is 4. The first-order valence-corrected chi connectivity index (χ1v) is 6.38. The molecule has 0 atom stereocenters. The summed E-state index contributed by atoms with van der Waals surface area (Å²) in [5.74, 6) is 1.12. The molecule has 2 heteroatoms. The van der Waals surface area contributed by atoms with E-state index in [4.69, 9.17) is 0 Å². The number of nitrogens with one attached hydrogen (secondary N) is 1. The van der Waals surface area contributed by atoms with Crippen molar-refractivity contribution in [3.8, 4) is 0 Å². The van der Waals surface area contributed by atoms with Crippen molar-refractivity contribution in [1.82, 2.24) is 10.2 Å². The zero-order valence-corrected chi connectivity index (χ0v) is 9.30. The first-order valence-electron chi connectivity index (χ1n) is 6.38. The van der Waals surface area contributed by atoms with E-state index in [1.807, 2.05) is 0 Å². The van der Waals surface area contributed by atoms with Crippen LogP contribution in [-0.4, -0.2) is 37.6 Å². The van der Waals surface area contributed by atoms with Gasteiger partial charge in [0.2, 0.25) is 0 Å². The molecule has 1 heterocycles. The summed E-state index contributed by atoms with van der Waals surface area (Å²) in [4.78, 5) is 2.67. The SMILES string of the molecule is C1CNCCCN(CCCC2CC2)C1. The Kier molecular flexibility index (Phi) is 4.26. The zero-order chi connectivity index (χ0) is 9.64. The molecule has 2 fully saturated rings.